The number of rotatable bonds is 6. The second-order valence-corrected chi connectivity index (χ2v) is 9.96. The van der Waals surface area contributed by atoms with Crippen molar-refractivity contribution in [3.63, 3.8) is 0 Å². The Morgan fingerprint density at radius 1 is 0.943 bits per heavy atom. The third kappa shape index (κ3) is 3.49. The largest absolute Gasteiger partial charge is 0.465 e. The standard InChI is InChI=1S/C28H26N2O5/c1-35-28(34)16-7-9-17(10-8-16)29-25(31)22(13-15-5-3-2-4-6-15)30-26(32)23-18-11-12-19(21-14-20(18)21)24(23)27(30)33/h2-12,18-24H,13-14H2,1H3,(H,29,31)/t18-,19-,20-,21-,22+,23-,24+/m1/s1. The van der Waals surface area contributed by atoms with Crippen LogP contribution in [0.5, 0.6) is 0 Å². The maximum atomic E-state index is 13.7. The second kappa shape index (κ2) is 8.18. The number of esters is 1. The van der Waals surface area contributed by atoms with E-state index in [2.05, 4.69) is 17.5 Å². The molecule has 5 aliphatic rings. The van der Waals surface area contributed by atoms with E-state index in [1.807, 2.05) is 30.3 Å². The lowest BCUT2D eigenvalue weighted by molar-refractivity contribution is -0.146. The number of carbonyl (C=O) groups is 4. The van der Waals surface area contributed by atoms with Crippen LogP contribution < -0.4 is 5.32 Å². The number of hydrogen-bond donors (Lipinski definition) is 1. The number of likely N-dealkylation sites (tertiary alicyclic amines) is 1. The van der Waals surface area contributed by atoms with Gasteiger partial charge in [-0.1, -0.05) is 42.5 Å². The molecule has 2 bridgehead atoms. The minimum atomic E-state index is -0.959. The number of benzene rings is 2. The number of amides is 3. The molecule has 35 heavy (non-hydrogen) atoms. The van der Waals surface area contributed by atoms with E-state index in [9.17, 15) is 19.2 Å². The maximum absolute atomic E-state index is 13.7. The first kappa shape index (κ1) is 21.8. The van der Waals surface area contributed by atoms with Gasteiger partial charge in [0.05, 0.1) is 24.5 Å². The zero-order valence-corrected chi connectivity index (χ0v) is 19.3. The van der Waals surface area contributed by atoms with Crippen molar-refractivity contribution >= 4 is 29.4 Å². The van der Waals surface area contributed by atoms with Gasteiger partial charge in [0, 0.05) is 12.1 Å². The zero-order valence-electron chi connectivity index (χ0n) is 19.3. The van der Waals surface area contributed by atoms with E-state index in [4.69, 9.17) is 4.74 Å². The molecule has 7 heteroatoms. The normalized spacial score (nSPS) is 30.5. The number of methoxy groups -OCH3 is 1. The van der Waals surface area contributed by atoms with E-state index in [-0.39, 0.29) is 41.9 Å². The lowest BCUT2D eigenvalue weighted by Gasteiger charge is -2.37. The number of nitrogens with zero attached hydrogens (tertiary/aromatic N) is 1. The molecular formula is C28H26N2O5. The Hall–Kier alpha value is -3.74. The summed E-state index contributed by atoms with van der Waals surface area (Å²) in [6.07, 6.45) is 5.58. The van der Waals surface area contributed by atoms with Crippen LogP contribution in [-0.2, 0) is 25.5 Å². The van der Waals surface area contributed by atoms with Gasteiger partial charge in [0.1, 0.15) is 6.04 Å². The highest BCUT2D eigenvalue weighted by atomic mass is 16.5. The van der Waals surface area contributed by atoms with E-state index >= 15 is 0 Å². The van der Waals surface area contributed by atoms with Crippen LogP contribution in [-0.4, -0.2) is 41.7 Å². The summed E-state index contributed by atoms with van der Waals surface area (Å²) in [6.45, 7) is 0. The van der Waals surface area contributed by atoms with Crippen LogP contribution in [0.25, 0.3) is 0 Å². The highest BCUT2D eigenvalue weighted by Gasteiger charge is 2.67. The van der Waals surface area contributed by atoms with Gasteiger partial charge < -0.3 is 10.1 Å². The quantitative estimate of drug-likeness (QED) is 0.398. The van der Waals surface area contributed by atoms with Crippen molar-refractivity contribution in [2.24, 2.45) is 35.5 Å². The molecule has 2 aromatic rings. The molecule has 1 N–H and O–H groups in total. The summed E-state index contributed by atoms with van der Waals surface area (Å²) in [5, 5.41) is 2.85. The third-order valence-corrected chi connectivity index (χ3v) is 8.16. The third-order valence-electron chi connectivity index (χ3n) is 8.16. The predicted octanol–water partition coefficient (Wildman–Crippen LogP) is 3.08. The van der Waals surface area contributed by atoms with Crippen molar-refractivity contribution in [3.05, 3.63) is 77.9 Å². The Balaban J connectivity index is 1.29. The smallest absolute Gasteiger partial charge is 0.337 e. The summed E-state index contributed by atoms with van der Waals surface area (Å²) in [5.41, 5.74) is 1.70. The molecule has 7 atom stereocenters. The Kier molecular flexibility index (Phi) is 5.09. The Morgan fingerprint density at radius 3 is 2.11 bits per heavy atom. The van der Waals surface area contributed by atoms with Crippen LogP contribution >= 0.6 is 0 Å². The number of imide groups is 1. The Labute approximate surface area is 203 Å². The summed E-state index contributed by atoms with van der Waals surface area (Å²) < 4.78 is 4.72. The average molecular weight is 471 g/mol. The maximum Gasteiger partial charge on any atom is 0.337 e. The molecule has 1 saturated heterocycles. The number of hydrogen-bond acceptors (Lipinski definition) is 5. The first-order valence-corrected chi connectivity index (χ1v) is 12.1. The summed E-state index contributed by atoms with van der Waals surface area (Å²) in [6, 6.07) is 14.8. The van der Waals surface area contributed by atoms with Gasteiger partial charge in [-0.15, -0.1) is 0 Å². The number of carbonyl (C=O) groups excluding carboxylic acids is 4. The summed E-state index contributed by atoms with van der Waals surface area (Å²) in [7, 11) is 1.30. The molecule has 4 aliphatic carbocycles. The minimum absolute atomic E-state index is 0.0998. The van der Waals surface area contributed by atoms with Gasteiger partial charge in [0.15, 0.2) is 0 Å². The van der Waals surface area contributed by atoms with E-state index in [1.165, 1.54) is 12.0 Å². The summed E-state index contributed by atoms with van der Waals surface area (Å²) >= 11 is 0. The van der Waals surface area contributed by atoms with Crippen LogP contribution in [0.4, 0.5) is 5.69 Å². The van der Waals surface area contributed by atoms with Crippen LogP contribution in [0.15, 0.2) is 66.7 Å². The average Bonchev–Trinajstić information content (AvgIpc) is 3.67. The molecule has 7 nitrogen and oxygen atoms in total. The van der Waals surface area contributed by atoms with E-state index in [0.717, 1.165) is 12.0 Å². The highest BCUT2D eigenvalue weighted by molar-refractivity contribution is 6.10. The Bertz CT molecular complexity index is 1200. The lowest BCUT2D eigenvalue weighted by Crippen LogP contribution is -2.49. The van der Waals surface area contributed by atoms with Gasteiger partial charge >= 0.3 is 5.97 Å². The fraction of sp³-hybridized carbons (Fsp3) is 0.357. The SMILES string of the molecule is COC(=O)c1ccc(NC(=O)[C@H](Cc2ccccc2)N2C(=O)[C@@H]3[C@@H]4C=C[C@H]([C@H]5C[C@H]45)[C@@H]3C2=O)cc1. The molecule has 3 fully saturated rings. The molecule has 0 radical (unpaired) electrons. The van der Waals surface area contributed by atoms with Crippen LogP contribution in [0.1, 0.15) is 22.3 Å². The van der Waals surface area contributed by atoms with Crippen molar-refractivity contribution in [1.29, 1.82) is 0 Å². The molecule has 0 aromatic heterocycles. The fourth-order valence-corrected chi connectivity index (χ4v) is 6.46. The molecule has 1 heterocycles. The van der Waals surface area contributed by atoms with E-state index in [0.29, 0.717) is 23.1 Å². The molecule has 1 aliphatic heterocycles. The van der Waals surface area contributed by atoms with Crippen LogP contribution in [0.3, 0.4) is 0 Å². The zero-order chi connectivity index (χ0) is 24.3. The van der Waals surface area contributed by atoms with Gasteiger partial charge in [-0.25, -0.2) is 4.79 Å². The first-order chi connectivity index (χ1) is 17.0. The van der Waals surface area contributed by atoms with Crippen LogP contribution in [0, 0.1) is 35.5 Å². The fourth-order valence-electron chi connectivity index (χ4n) is 6.46. The summed E-state index contributed by atoms with van der Waals surface area (Å²) in [5.74, 6) is -0.852. The molecular weight excluding hydrogens is 444 g/mol. The van der Waals surface area contributed by atoms with Crippen molar-refractivity contribution < 1.29 is 23.9 Å². The molecule has 2 aromatic carbocycles. The molecule has 3 amide bonds. The van der Waals surface area contributed by atoms with Gasteiger partial charge in [0.2, 0.25) is 17.7 Å². The second-order valence-electron chi connectivity index (χ2n) is 9.96. The number of nitrogens with one attached hydrogen (secondary N) is 1. The topological polar surface area (TPSA) is 92.8 Å². The monoisotopic (exact) mass is 470 g/mol. The van der Waals surface area contributed by atoms with Crippen molar-refractivity contribution in [2.75, 3.05) is 12.4 Å². The number of allylic oxidation sites excluding steroid dienone is 2. The minimum Gasteiger partial charge on any atom is -0.465 e. The van der Waals surface area contributed by atoms with Gasteiger partial charge in [0.25, 0.3) is 0 Å². The van der Waals surface area contributed by atoms with Crippen molar-refractivity contribution in [2.45, 2.75) is 18.9 Å². The molecule has 0 spiro atoms. The molecule has 0 unspecified atom stereocenters. The van der Waals surface area contributed by atoms with E-state index in [1.54, 1.807) is 24.3 Å². The Morgan fingerprint density at radius 2 is 1.54 bits per heavy atom. The van der Waals surface area contributed by atoms with Gasteiger partial charge in [-0.2, -0.15) is 0 Å². The predicted molar refractivity (Wildman–Crippen MR) is 127 cm³/mol. The number of anilines is 1. The van der Waals surface area contributed by atoms with Gasteiger partial charge in [-0.3, -0.25) is 19.3 Å². The molecule has 7 rings (SSSR count). The molecule has 178 valence electrons. The highest BCUT2D eigenvalue weighted by Crippen LogP contribution is 2.65. The van der Waals surface area contributed by atoms with E-state index < -0.39 is 17.9 Å². The van der Waals surface area contributed by atoms with Crippen LogP contribution in [0.2, 0.25) is 0 Å². The number of ether oxygens (including phenoxy) is 1. The summed E-state index contributed by atoms with van der Waals surface area (Å²) in [4.78, 5) is 53.9. The molecule has 2 saturated carbocycles. The van der Waals surface area contributed by atoms with Gasteiger partial charge in [-0.05, 0) is 59.9 Å². The van der Waals surface area contributed by atoms with Crippen molar-refractivity contribution in [1.82, 2.24) is 4.90 Å². The first-order valence-electron chi connectivity index (χ1n) is 12.1. The van der Waals surface area contributed by atoms with Crippen molar-refractivity contribution in [3.8, 4) is 0 Å². The lowest BCUT2D eigenvalue weighted by atomic mass is 9.63.